The van der Waals surface area contributed by atoms with Crippen molar-refractivity contribution in [3.63, 3.8) is 0 Å². The van der Waals surface area contributed by atoms with E-state index in [1.54, 1.807) is 12.4 Å². The predicted octanol–water partition coefficient (Wildman–Crippen LogP) is 1.37. The molecule has 0 radical (unpaired) electrons. The molecule has 2 aliphatic heterocycles. The van der Waals surface area contributed by atoms with E-state index in [1.165, 1.54) is 28.4 Å². The van der Waals surface area contributed by atoms with Gasteiger partial charge in [0.15, 0.2) is 0 Å². The Bertz CT molecular complexity index is 1250. The highest BCUT2D eigenvalue weighted by Crippen LogP contribution is 2.11. The van der Waals surface area contributed by atoms with Crippen LogP contribution in [0.4, 0.5) is 0 Å². The minimum Gasteiger partial charge on any atom is -0.477 e. The third kappa shape index (κ3) is 9.36. The largest absolute Gasteiger partial charge is 0.477 e. The number of esters is 1. The Labute approximate surface area is 242 Å². The number of methoxy groups -OCH3 is 1. The number of carboxylic acids is 1. The van der Waals surface area contributed by atoms with Gasteiger partial charge in [-0.2, -0.15) is 0 Å². The van der Waals surface area contributed by atoms with E-state index in [-0.39, 0.29) is 16.7 Å². The first kappa shape index (κ1) is 31.2. The maximum absolute atomic E-state index is 12.2. The molecule has 214 valence electrons. The summed E-state index contributed by atoms with van der Waals surface area (Å²) < 4.78 is 19.4. The van der Waals surface area contributed by atoms with E-state index in [0.717, 1.165) is 45.9 Å². The highest BCUT2D eigenvalue weighted by atomic mass is 79.9. The van der Waals surface area contributed by atoms with Gasteiger partial charge in [-0.3, -0.25) is 19.4 Å². The van der Waals surface area contributed by atoms with E-state index < -0.39 is 17.5 Å². The first-order chi connectivity index (χ1) is 18.7. The molecule has 14 heteroatoms. The monoisotopic (exact) mass is 674 g/mol. The fraction of sp³-hybridized carbons (Fsp3) is 0.520. The summed E-state index contributed by atoms with van der Waals surface area (Å²) in [5, 5.41) is 8.97. The van der Waals surface area contributed by atoms with Crippen molar-refractivity contribution in [1.82, 2.24) is 18.9 Å². The smallest absolute Gasteiger partial charge is 0.343 e. The maximum Gasteiger partial charge on any atom is 0.343 e. The second-order valence-corrected chi connectivity index (χ2v) is 10.7. The van der Waals surface area contributed by atoms with Crippen LogP contribution in [0, 0.1) is 0 Å². The molecule has 0 amide bonds. The lowest BCUT2D eigenvalue weighted by molar-refractivity contribution is 0.0362. The van der Waals surface area contributed by atoms with Crippen molar-refractivity contribution in [2.75, 3.05) is 72.8 Å². The van der Waals surface area contributed by atoms with E-state index in [0.29, 0.717) is 41.8 Å². The highest BCUT2D eigenvalue weighted by Gasteiger charge is 2.16. The molecule has 2 aromatic rings. The van der Waals surface area contributed by atoms with Crippen molar-refractivity contribution in [1.29, 1.82) is 0 Å². The lowest BCUT2D eigenvalue weighted by Crippen LogP contribution is -2.39. The Kier molecular flexibility index (Phi) is 12.3. The molecule has 12 nitrogen and oxygen atoms in total. The van der Waals surface area contributed by atoms with Crippen molar-refractivity contribution >= 4 is 43.8 Å². The van der Waals surface area contributed by atoms with Gasteiger partial charge >= 0.3 is 11.9 Å². The van der Waals surface area contributed by atoms with E-state index >= 15 is 0 Å². The molecule has 39 heavy (non-hydrogen) atoms. The molecule has 1 N–H and O–H groups in total. The van der Waals surface area contributed by atoms with Crippen molar-refractivity contribution in [2.45, 2.75) is 13.1 Å². The van der Waals surface area contributed by atoms with Crippen LogP contribution in [0.3, 0.4) is 0 Å². The molecule has 4 heterocycles. The fourth-order valence-electron chi connectivity index (χ4n) is 4.09. The van der Waals surface area contributed by atoms with Gasteiger partial charge in [0, 0.05) is 73.7 Å². The Morgan fingerprint density at radius 2 is 1.21 bits per heavy atom. The van der Waals surface area contributed by atoms with Crippen LogP contribution in [0.5, 0.6) is 0 Å². The number of aromatic carboxylic acids is 1. The first-order valence-corrected chi connectivity index (χ1v) is 14.0. The predicted molar refractivity (Wildman–Crippen MR) is 150 cm³/mol. The zero-order valence-electron chi connectivity index (χ0n) is 21.6. The van der Waals surface area contributed by atoms with Crippen molar-refractivity contribution < 1.29 is 28.9 Å². The topological polar surface area (TPSA) is 133 Å². The van der Waals surface area contributed by atoms with Crippen molar-refractivity contribution in [2.24, 2.45) is 0 Å². The van der Waals surface area contributed by atoms with Gasteiger partial charge < -0.3 is 28.5 Å². The number of hydrogen-bond acceptors (Lipinski definition) is 9. The van der Waals surface area contributed by atoms with Crippen LogP contribution < -0.4 is 11.1 Å². The van der Waals surface area contributed by atoms with Gasteiger partial charge in [-0.25, -0.2) is 9.59 Å². The van der Waals surface area contributed by atoms with Crippen molar-refractivity contribution in [3.8, 4) is 0 Å². The molecule has 2 aromatic heterocycles. The van der Waals surface area contributed by atoms with Crippen LogP contribution in [0.25, 0.3) is 0 Å². The lowest BCUT2D eigenvalue weighted by Gasteiger charge is -2.26. The number of halogens is 2. The number of carboxylic acid groups (broad SMARTS) is 1. The van der Waals surface area contributed by atoms with E-state index in [1.807, 2.05) is 0 Å². The standard InChI is InChI=1S/C13H17BrN2O4.C12H15BrN2O4/c1-19-13(18)11-8-10(14)9-16(12(11)17)3-2-15-4-6-20-7-5-15;13-9-7-10(12(17)18)11(16)15(8-9)2-1-14-3-5-19-6-4-14/h8-9H,2-7H2,1H3;7-8H,1-6H2,(H,17,18). The van der Waals surface area contributed by atoms with Crippen LogP contribution in [0.2, 0.25) is 0 Å². The van der Waals surface area contributed by atoms with Gasteiger partial charge in [-0.1, -0.05) is 0 Å². The summed E-state index contributed by atoms with van der Waals surface area (Å²) in [7, 11) is 1.26. The minimum absolute atomic E-state index is 0.0452. The van der Waals surface area contributed by atoms with Gasteiger partial charge in [-0.05, 0) is 44.0 Å². The summed E-state index contributed by atoms with van der Waals surface area (Å²) in [6, 6.07) is 2.81. The number of carbonyl (C=O) groups excluding carboxylic acids is 1. The SMILES string of the molecule is COC(=O)c1cc(Br)cn(CCN2CCOCC2)c1=O.O=C(O)c1cc(Br)cn(CCN2CCOCC2)c1=O. The van der Waals surface area contributed by atoms with Gasteiger partial charge in [0.1, 0.15) is 11.1 Å². The normalized spacial score (nSPS) is 16.3. The summed E-state index contributed by atoms with van der Waals surface area (Å²) in [4.78, 5) is 51.1. The van der Waals surface area contributed by atoms with Crippen LogP contribution in [-0.2, 0) is 27.3 Å². The summed E-state index contributed by atoms with van der Waals surface area (Å²) in [5.74, 6) is -1.82. The van der Waals surface area contributed by atoms with Crippen LogP contribution in [0.15, 0.2) is 43.1 Å². The second kappa shape index (κ2) is 15.4. The van der Waals surface area contributed by atoms with Gasteiger partial charge in [0.05, 0.1) is 33.5 Å². The Hall–Kier alpha value is -2.36. The number of pyridine rings is 2. The quantitative estimate of drug-likeness (QED) is 0.409. The highest BCUT2D eigenvalue weighted by molar-refractivity contribution is 9.10. The lowest BCUT2D eigenvalue weighted by atomic mass is 10.3. The maximum atomic E-state index is 12.2. The van der Waals surface area contributed by atoms with Crippen molar-refractivity contribution in [3.05, 3.63) is 65.3 Å². The zero-order valence-corrected chi connectivity index (χ0v) is 24.8. The number of rotatable bonds is 8. The third-order valence-corrected chi connectivity index (χ3v) is 7.13. The number of ether oxygens (including phenoxy) is 3. The van der Waals surface area contributed by atoms with E-state index in [9.17, 15) is 19.2 Å². The Morgan fingerprint density at radius 3 is 1.62 bits per heavy atom. The van der Waals surface area contributed by atoms with E-state index in [2.05, 4.69) is 46.4 Å². The summed E-state index contributed by atoms with van der Waals surface area (Å²) in [6.07, 6.45) is 3.31. The summed E-state index contributed by atoms with van der Waals surface area (Å²) in [6.45, 7) is 8.73. The average molecular weight is 676 g/mol. The number of nitrogens with zero attached hydrogens (tertiary/aromatic N) is 4. The molecular formula is C25H32Br2N4O8. The Morgan fingerprint density at radius 1 is 0.795 bits per heavy atom. The molecule has 4 rings (SSSR count). The van der Waals surface area contributed by atoms with E-state index in [4.69, 9.17) is 14.6 Å². The molecular weight excluding hydrogens is 644 g/mol. The average Bonchev–Trinajstić information content (AvgIpc) is 2.94. The number of hydrogen-bond donors (Lipinski definition) is 1. The van der Waals surface area contributed by atoms with Gasteiger partial charge in [-0.15, -0.1) is 0 Å². The number of aromatic nitrogens is 2. The molecule has 2 fully saturated rings. The molecule has 2 saturated heterocycles. The molecule has 0 saturated carbocycles. The summed E-state index contributed by atoms with van der Waals surface area (Å²) in [5.41, 5.74) is -0.961. The fourth-order valence-corrected chi connectivity index (χ4v) is 5.04. The van der Waals surface area contributed by atoms with Gasteiger partial charge in [0.2, 0.25) is 0 Å². The molecule has 0 aliphatic carbocycles. The molecule has 0 atom stereocenters. The Balaban J connectivity index is 0.000000216. The molecule has 0 spiro atoms. The summed E-state index contributed by atoms with van der Waals surface area (Å²) >= 11 is 6.53. The van der Waals surface area contributed by atoms with Crippen LogP contribution in [-0.4, -0.2) is 109 Å². The third-order valence-electron chi connectivity index (χ3n) is 6.26. The minimum atomic E-state index is -1.20. The second-order valence-electron chi connectivity index (χ2n) is 8.85. The van der Waals surface area contributed by atoms with Crippen LogP contribution >= 0.6 is 31.9 Å². The molecule has 0 aromatic carbocycles. The number of carbonyl (C=O) groups is 2. The molecule has 0 bridgehead atoms. The first-order valence-electron chi connectivity index (χ1n) is 12.4. The van der Waals surface area contributed by atoms with Crippen LogP contribution in [0.1, 0.15) is 20.7 Å². The zero-order chi connectivity index (χ0) is 28.4. The molecule has 0 unspecified atom stereocenters. The number of morpholine rings is 2. The van der Waals surface area contributed by atoms with Gasteiger partial charge in [0.25, 0.3) is 11.1 Å². The molecule has 2 aliphatic rings.